The average molecular weight is 747 g/mol. The molecule has 2 amide bonds. The summed E-state index contributed by atoms with van der Waals surface area (Å²) in [4.78, 5) is 73.1. The Hall–Kier alpha value is -6.05. The lowest BCUT2D eigenvalue weighted by atomic mass is 9.91. The number of carbonyl (C=O) groups excluding carboxylic acids is 2. The maximum absolute atomic E-state index is 15.1. The number of nitrogens with one attached hydrogen (secondary N) is 3. The number of hydrogen-bond acceptors (Lipinski definition) is 9. The topological polar surface area (TPSA) is 152 Å². The molecule has 2 aliphatic heterocycles. The molecule has 55 heavy (non-hydrogen) atoms. The summed E-state index contributed by atoms with van der Waals surface area (Å²) in [6, 6.07) is 15.6. The van der Waals surface area contributed by atoms with Gasteiger partial charge < -0.3 is 15.5 Å². The number of aryl methyl sites for hydroxylation is 2. The van der Waals surface area contributed by atoms with Crippen LogP contribution in [0.15, 0.2) is 75.2 Å². The van der Waals surface area contributed by atoms with Crippen LogP contribution in [0.4, 0.5) is 27.4 Å². The lowest BCUT2D eigenvalue weighted by Crippen LogP contribution is -2.41. The van der Waals surface area contributed by atoms with Crippen LogP contribution in [0.1, 0.15) is 67.2 Å². The molecule has 1 atom stereocenters. The van der Waals surface area contributed by atoms with E-state index in [9.17, 15) is 24.0 Å². The molecule has 3 fully saturated rings. The summed E-state index contributed by atoms with van der Waals surface area (Å²) in [5.74, 6) is -0.0996. The summed E-state index contributed by atoms with van der Waals surface area (Å²) in [7, 11) is 1.53. The van der Waals surface area contributed by atoms with Gasteiger partial charge in [-0.05, 0) is 105 Å². The predicted octanol–water partition coefficient (Wildman–Crippen LogP) is 4.93. The molecule has 5 aromatic rings. The number of anilines is 4. The molecule has 1 unspecified atom stereocenters. The Morgan fingerprint density at radius 1 is 0.909 bits per heavy atom. The summed E-state index contributed by atoms with van der Waals surface area (Å²) in [6.07, 6.45) is 5.72. The van der Waals surface area contributed by atoms with Crippen LogP contribution in [0.3, 0.4) is 0 Å². The second-order valence-corrected chi connectivity index (χ2v) is 15.0. The maximum atomic E-state index is 15.1. The highest BCUT2D eigenvalue weighted by atomic mass is 19.1. The summed E-state index contributed by atoms with van der Waals surface area (Å²) in [6.45, 7) is 5.65. The summed E-state index contributed by atoms with van der Waals surface area (Å²) < 4.78 is 19.1. The Bertz CT molecular complexity index is 2550. The van der Waals surface area contributed by atoms with Crippen molar-refractivity contribution in [3.63, 3.8) is 0 Å². The van der Waals surface area contributed by atoms with Crippen molar-refractivity contribution in [1.29, 1.82) is 0 Å². The van der Waals surface area contributed by atoms with E-state index >= 15 is 4.39 Å². The monoisotopic (exact) mass is 746 g/mol. The number of piperidine rings is 2. The molecule has 3 aromatic heterocycles. The Morgan fingerprint density at radius 3 is 2.42 bits per heavy atom. The van der Waals surface area contributed by atoms with Gasteiger partial charge in [-0.25, -0.2) is 14.2 Å². The molecule has 1 saturated carbocycles. The van der Waals surface area contributed by atoms with E-state index in [2.05, 4.69) is 25.8 Å². The third-order valence-electron chi connectivity index (χ3n) is 11.2. The highest BCUT2D eigenvalue weighted by molar-refractivity contribution is 6.01. The van der Waals surface area contributed by atoms with Gasteiger partial charge in [0, 0.05) is 56.6 Å². The molecule has 2 saturated heterocycles. The fourth-order valence-electron chi connectivity index (χ4n) is 7.92. The number of fused-ring (bicyclic) bond motifs is 1. The van der Waals surface area contributed by atoms with Gasteiger partial charge in [0.2, 0.25) is 11.8 Å². The van der Waals surface area contributed by atoms with Crippen LogP contribution < -0.4 is 37.7 Å². The molecular weight excluding hydrogens is 704 g/mol. The highest BCUT2D eigenvalue weighted by Crippen LogP contribution is 2.35. The van der Waals surface area contributed by atoms with Crippen molar-refractivity contribution >= 4 is 45.7 Å². The van der Waals surface area contributed by atoms with Crippen LogP contribution in [-0.2, 0) is 16.6 Å². The number of nitrogens with zero attached hydrogens (tertiary/aromatic N) is 5. The SMILES string of the molecule is Cc1ccc(Nc2c3c(=O)n(C4CC4)c(=O)n(-c4cccc(NCC5CCN(c6cc(C7CCC(=O)NC7=O)ccn6)CC5)c4)c3c(C)c(=O)n2C)c(F)c1. The molecule has 2 aromatic carbocycles. The van der Waals surface area contributed by atoms with Gasteiger partial charge in [-0.15, -0.1) is 0 Å². The number of carbonyl (C=O) groups is 2. The molecule has 1 aliphatic carbocycles. The summed E-state index contributed by atoms with van der Waals surface area (Å²) in [5, 5.41) is 9.14. The molecule has 284 valence electrons. The van der Waals surface area contributed by atoms with Gasteiger partial charge in [0.25, 0.3) is 11.1 Å². The number of halogens is 1. The minimum atomic E-state index is -0.530. The molecule has 14 heteroatoms. The first-order valence-corrected chi connectivity index (χ1v) is 18.8. The second-order valence-electron chi connectivity index (χ2n) is 15.0. The normalized spacial score (nSPS) is 17.7. The van der Waals surface area contributed by atoms with Gasteiger partial charge in [-0.2, -0.15) is 0 Å². The molecule has 0 radical (unpaired) electrons. The van der Waals surface area contributed by atoms with Crippen LogP contribution >= 0.6 is 0 Å². The Kier molecular flexibility index (Phi) is 9.35. The van der Waals surface area contributed by atoms with Crippen molar-refractivity contribution in [2.75, 3.05) is 35.2 Å². The zero-order valence-electron chi connectivity index (χ0n) is 31.0. The third-order valence-corrected chi connectivity index (χ3v) is 11.2. The quantitative estimate of drug-likeness (QED) is 0.178. The van der Waals surface area contributed by atoms with E-state index in [1.54, 1.807) is 38.2 Å². The molecule has 3 aliphatic rings. The number of imide groups is 1. The smallest absolute Gasteiger partial charge is 0.336 e. The fraction of sp³-hybridized carbons (Fsp3) is 0.366. The van der Waals surface area contributed by atoms with Crippen LogP contribution in [-0.4, -0.2) is 50.1 Å². The second kappa shape index (κ2) is 14.3. The van der Waals surface area contributed by atoms with Crippen molar-refractivity contribution in [1.82, 2.24) is 24.0 Å². The van der Waals surface area contributed by atoms with E-state index in [0.29, 0.717) is 43.8 Å². The Morgan fingerprint density at radius 2 is 1.69 bits per heavy atom. The van der Waals surface area contributed by atoms with Gasteiger partial charge in [0.15, 0.2) is 0 Å². The zero-order chi connectivity index (χ0) is 38.5. The molecule has 0 spiro atoms. The first-order valence-electron chi connectivity index (χ1n) is 18.8. The summed E-state index contributed by atoms with van der Waals surface area (Å²) >= 11 is 0. The molecular formula is C41H43FN8O5. The predicted molar refractivity (Wildman–Crippen MR) is 209 cm³/mol. The number of rotatable bonds is 9. The zero-order valence-corrected chi connectivity index (χ0v) is 31.0. The Labute approximate surface area is 315 Å². The van der Waals surface area contributed by atoms with Crippen LogP contribution in [0.25, 0.3) is 16.6 Å². The standard InChI is InChI=1S/C41H43FN8O5/c1-23-7-11-32(31(42)19-23)45-37-35-36(24(2)39(53)47(37)3)49(41(55)50(40(35)54)28-8-9-28)29-6-4-5-27(21-29)44-22-25-14-17-48(18-15-25)33-20-26(13-16-43-33)30-10-12-34(51)46-38(30)52/h4-7,11,13,16,19-21,25,28,30,44-45H,8-10,12,14-15,17-18,22H2,1-3H3,(H,46,51,52). The van der Waals surface area contributed by atoms with Crippen molar-refractivity contribution in [2.24, 2.45) is 13.0 Å². The van der Waals surface area contributed by atoms with E-state index < -0.39 is 22.6 Å². The lowest BCUT2D eigenvalue weighted by molar-refractivity contribution is -0.134. The Balaban J connectivity index is 1.05. The van der Waals surface area contributed by atoms with Crippen molar-refractivity contribution < 1.29 is 14.0 Å². The van der Waals surface area contributed by atoms with Gasteiger partial charge in [0.05, 0.1) is 22.8 Å². The van der Waals surface area contributed by atoms with Crippen LogP contribution in [0.5, 0.6) is 0 Å². The highest BCUT2D eigenvalue weighted by Gasteiger charge is 2.32. The van der Waals surface area contributed by atoms with Crippen molar-refractivity contribution in [2.45, 2.75) is 64.3 Å². The molecule has 8 rings (SSSR count). The lowest BCUT2D eigenvalue weighted by Gasteiger charge is -2.33. The first kappa shape index (κ1) is 36.0. The molecule has 0 bridgehead atoms. The van der Waals surface area contributed by atoms with E-state index in [0.717, 1.165) is 48.6 Å². The first-order chi connectivity index (χ1) is 26.5. The number of pyridine rings is 2. The van der Waals surface area contributed by atoms with E-state index in [1.807, 2.05) is 30.3 Å². The number of benzene rings is 2. The largest absolute Gasteiger partial charge is 0.385 e. The number of hydrogen-bond donors (Lipinski definition) is 3. The maximum Gasteiger partial charge on any atom is 0.336 e. The molecule has 13 nitrogen and oxygen atoms in total. The van der Waals surface area contributed by atoms with Gasteiger partial charge in [-0.1, -0.05) is 12.1 Å². The van der Waals surface area contributed by atoms with Gasteiger partial charge in [0.1, 0.15) is 22.8 Å². The van der Waals surface area contributed by atoms with E-state index in [4.69, 9.17) is 0 Å². The van der Waals surface area contributed by atoms with Gasteiger partial charge >= 0.3 is 5.69 Å². The van der Waals surface area contributed by atoms with Crippen LogP contribution in [0.2, 0.25) is 0 Å². The van der Waals surface area contributed by atoms with Crippen molar-refractivity contribution in [3.8, 4) is 5.69 Å². The molecule has 5 heterocycles. The third kappa shape index (κ3) is 6.81. The van der Waals surface area contributed by atoms with Gasteiger partial charge in [-0.3, -0.25) is 38.2 Å². The fourth-order valence-corrected chi connectivity index (χ4v) is 7.92. The van der Waals surface area contributed by atoms with E-state index in [-0.39, 0.29) is 51.7 Å². The van der Waals surface area contributed by atoms with Crippen molar-refractivity contribution in [3.05, 3.63) is 114 Å². The van der Waals surface area contributed by atoms with E-state index in [1.165, 1.54) is 26.8 Å². The molecule has 3 N–H and O–H groups in total. The average Bonchev–Trinajstić information content (AvgIpc) is 4.01. The van der Waals surface area contributed by atoms with Crippen LogP contribution in [0, 0.1) is 25.6 Å². The minimum absolute atomic E-state index is 0.106. The number of aromatic nitrogens is 4. The summed E-state index contributed by atoms with van der Waals surface area (Å²) in [5.41, 5.74) is 1.92. The minimum Gasteiger partial charge on any atom is -0.385 e. The number of amides is 2.